The van der Waals surface area contributed by atoms with Crippen molar-refractivity contribution in [3.05, 3.63) is 53.1 Å². The lowest BCUT2D eigenvalue weighted by Crippen LogP contribution is -2.14. The molecule has 2 aromatic carbocycles. The second kappa shape index (κ2) is 5.65. The van der Waals surface area contributed by atoms with Crippen LogP contribution < -0.4 is 15.8 Å². The number of nitrogens with two attached hydrogens (primary N) is 1. The molecule has 0 bridgehead atoms. The van der Waals surface area contributed by atoms with Crippen molar-refractivity contribution in [1.82, 2.24) is 0 Å². The van der Waals surface area contributed by atoms with Gasteiger partial charge in [-0.1, -0.05) is 17.7 Å². The number of carbonyl (C=O) groups excluding carboxylic acids is 1. The normalized spacial score (nSPS) is 10.2. The highest BCUT2D eigenvalue weighted by Crippen LogP contribution is 2.23. The highest BCUT2D eigenvalue weighted by Gasteiger charge is 2.13. The van der Waals surface area contributed by atoms with E-state index in [4.69, 9.17) is 10.5 Å². The third kappa shape index (κ3) is 2.91. The van der Waals surface area contributed by atoms with Gasteiger partial charge in [-0.15, -0.1) is 0 Å². The van der Waals surface area contributed by atoms with Gasteiger partial charge >= 0.3 is 0 Å². The molecule has 0 spiro atoms. The Hall–Kier alpha value is -2.49. The molecule has 0 saturated carbocycles. The van der Waals surface area contributed by atoms with E-state index in [1.165, 1.54) is 7.11 Å². The number of nitrogens with one attached hydrogen (secondary N) is 1. The van der Waals surface area contributed by atoms with Crippen LogP contribution in [0.1, 0.15) is 21.5 Å². The quantitative estimate of drug-likeness (QED) is 0.842. The molecule has 0 atom stereocenters. The Bertz CT molecular complexity index is 651. The number of nitrogen functional groups attached to an aromatic ring is 1. The molecule has 0 radical (unpaired) electrons. The predicted molar refractivity (Wildman–Crippen MR) is 81.3 cm³/mol. The first-order chi connectivity index (χ1) is 9.51. The second-order valence-corrected chi connectivity index (χ2v) is 4.73. The van der Waals surface area contributed by atoms with Crippen LogP contribution in [0.25, 0.3) is 0 Å². The zero-order valence-corrected chi connectivity index (χ0v) is 11.9. The fourth-order valence-electron chi connectivity index (χ4n) is 2.04. The van der Waals surface area contributed by atoms with Crippen molar-refractivity contribution in [3.8, 4) is 5.75 Å². The molecule has 3 N–H and O–H groups in total. The van der Waals surface area contributed by atoms with Crippen LogP contribution in [0.4, 0.5) is 11.4 Å². The molecule has 2 aromatic rings. The number of amides is 1. The van der Waals surface area contributed by atoms with Crippen molar-refractivity contribution in [3.63, 3.8) is 0 Å². The highest BCUT2D eigenvalue weighted by molar-refractivity contribution is 6.06. The van der Waals surface area contributed by atoms with Gasteiger partial charge in [0.05, 0.1) is 12.7 Å². The molecule has 0 heterocycles. The van der Waals surface area contributed by atoms with Gasteiger partial charge in [-0.3, -0.25) is 4.79 Å². The van der Waals surface area contributed by atoms with Gasteiger partial charge in [0.1, 0.15) is 5.75 Å². The third-order valence-corrected chi connectivity index (χ3v) is 3.10. The fraction of sp³-hybridized carbons (Fsp3) is 0.188. The van der Waals surface area contributed by atoms with Crippen molar-refractivity contribution >= 4 is 17.3 Å². The molecule has 0 aliphatic rings. The smallest absolute Gasteiger partial charge is 0.259 e. The summed E-state index contributed by atoms with van der Waals surface area (Å²) in [5, 5.41) is 2.89. The maximum absolute atomic E-state index is 12.3. The van der Waals surface area contributed by atoms with Crippen molar-refractivity contribution in [1.29, 1.82) is 0 Å². The zero-order chi connectivity index (χ0) is 14.7. The van der Waals surface area contributed by atoms with E-state index in [-0.39, 0.29) is 5.91 Å². The molecule has 20 heavy (non-hydrogen) atoms. The Morgan fingerprint density at radius 3 is 2.55 bits per heavy atom. The molecule has 0 aromatic heterocycles. The van der Waals surface area contributed by atoms with Crippen LogP contribution in [-0.4, -0.2) is 13.0 Å². The Labute approximate surface area is 118 Å². The molecule has 0 unspecified atom stereocenters. The summed E-state index contributed by atoms with van der Waals surface area (Å²) in [5.41, 5.74) is 9.68. The van der Waals surface area contributed by atoms with Gasteiger partial charge in [0.2, 0.25) is 0 Å². The zero-order valence-electron chi connectivity index (χ0n) is 11.9. The Kier molecular flexibility index (Phi) is 3.94. The van der Waals surface area contributed by atoms with E-state index >= 15 is 0 Å². The summed E-state index contributed by atoms with van der Waals surface area (Å²) in [5.74, 6) is 0.251. The van der Waals surface area contributed by atoms with Crippen LogP contribution >= 0.6 is 0 Å². The molecule has 4 heteroatoms. The molecule has 2 rings (SSSR count). The predicted octanol–water partition coefficient (Wildman–Crippen LogP) is 3.15. The number of carbonyl (C=O) groups is 1. The van der Waals surface area contributed by atoms with E-state index in [1.54, 1.807) is 18.2 Å². The fourth-order valence-corrected chi connectivity index (χ4v) is 2.04. The molecule has 0 aliphatic carbocycles. The summed E-state index contributed by atoms with van der Waals surface area (Å²) in [6.07, 6.45) is 0. The van der Waals surface area contributed by atoms with Crippen LogP contribution in [0.3, 0.4) is 0 Å². The van der Waals surface area contributed by atoms with Crippen LogP contribution in [0.5, 0.6) is 5.75 Å². The summed E-state index contributed by atoms with van der Waals surface area (Å²) in [6.45, 7) is 3.98. The third-order valence-electron chi connectivity index (χ3n) is 3.10. The van der Waals surface area contributed by atoms with Crippen LogP contribution in [-0.2, 0) is 0 Å². The monoisotopic (exact) mass is 270 g/mol. The molecule has 0 aliphatic heterocycles. The number of anilines is 2. The van der Waals surface area contributed by atoms with Gasteiger partial charge < -0.3 is 15.8 Å². The topological polar surface area (TPSA) is 64.3 Å². The first-order valence-electron chi connectivity index (χ1n) is 6.33. The Morgan fingerprint density at radius 1 is 1.15 bits per heavy atom. The molecular weight excluding hydrogens is 252 g/mol. The van der Waals surface area contributed by atoms with Gasteiger partial charge in [-0.25, -0.2) is 0 Å². The van der Waals surface area contributed by atoms with Crippen molar-refractivity contribution in [2.75, 3.05) is 18.2 Å². The summed E-state index contributed by atoms with van der Waals surface area (Å²) < 4.78 is 5.19. The van der Waals surface area contributed by atoms with Crippen LogP contribution in [0, 0.1) is 13.8 Å². The summed E-state index contributed by atoms with van der Waals surface area (Å²) in [7, 11) is 1.52. The van der Waals surface area contributed by atoms with Gasteiger partial charge in [-0.05, 0) is 37.6 Å². The van der Waals surface area contributed by atoms with Crippen LogP contribution in [0.15, 0.2) is 36.4 Å². The minimum absolute atomic E-state index is 0.214. The van der Waals surface area contributed by atoms with E-state index in [1.807, 2.05) is 32.0 Å². The van der Waals surface area contributed by atoms with Gasteiger partial charge in [0.25, 0.3) is 5.91 Å². The largest absolute Gasteiger partial charge is 0.496 e. The molecular formula is C16H18N2O2. The van der Waals surface area contributed by atoms with Crippen molar-refractivity contribution in [2.45, 2.75) is 13.8 Å². The average Bonchev–Trinajstić information content (AvgIpc) is 2.41. The van der Waals surface area contributed by atoms with E-state index in [9.17, 15) is 4.79 Å². The van der Waals surface area contributed by atoms with Gasteiger partial charge in [-0.2, -0.15) is 0 Å². The maximum Gasteiger partial charge on any atom is 0.259 e. The van der Waals surface area contributed by atoms with E-state index in [0.717, 1.165) is 16.8 Å². The van der Waals surface area contributed by atoms with Crippen LogP contribution in [0.2, 0.25) is 0 Å². The lowest BCUT2D eigenvalue weighted by molar-refractivity contribution is 0.102. The number of rotatable bonds is 3. The lowest BCUT2D eigenvalue weighted by Gasteiger charge is -2.12. The summed E-state index contributed by atoms with van der Waals surface area (Å²) in [6, 6.07) is 10.9. The minimum Gasteiger partial charge on any atom is -0.496 e. The van der Waals surface area contributed by atoms with Crippen molar-refractivity contribution < 1.29 is 9.53 Å². The minimum atomic E-state index is -0.214. The second-order valence-electron chi connectivity index (χ2n) is 4.73. The SMILES string of the molecule is COc1cc(N)ccc1C(=O)Nc1ccc(C)cc1C. The van der Waals surface area contributed by atoms with E-state index < -0.39 is 0 Å². The maximum atomic E-state index is 12.3. The average molecular weight is 270 g/mol. The van der Waals surface area contributed by atoms with Crippen molar-refractivity contribution in [2.24, 2.45) is 0 Å². The Morgan fingerprint density at radius 2 is 1.90 bits per heavy atom. The number of hydrogen-bond donors (Lipinski definition) is 2. The number of hydrogen-bond acceptors (Lipinski definition) is 3. The number of methoxy groups -OCH3 is 1. The summed E-state index contributed by atoms with van der Waals surface area (Å²) in [4.78, 5) is 12.3. The van der Waals surface area contributed by atoms with Gasteiger partial charge in [0.15, 0.2) is 0 Å². The molecule has 1 amide bonds. The first-order valence-corrected chi connectivity index (χ1v) is 6.33. The number of aryl methyl sites for hydroxylation is 2. The molecule has 0 fully saturated rings. The highest BCUT2D eigenvalue weighted by atomic mass is 16.5. The van der Waals surface area contributed by atoms with Gasteiger partial charge in [0, 0.05) is 17.4 Å². The van der Waals surface area contributed by atoms with E-state index in [2.05, 4.69) is 5.32 Å². The summed E-state index contributed by atoms with van der Waals surface area (Å²) >= 11 is 0. The molecule has 104 valence electrons. The van der Waals surface area contributed by atoms with E-state index in [0.29, 0.717) is 17.0 Å². The molecule has 4 nitrogen and oxygen atoms in total. The lowest BCUT2D eigenvalue weighted by atomic mass is 10.1. The number of ether oxygens (including phenoxy) is 1. The first kappa shape index (κ1) is 13.9. The Balaban J connectivity index is 2.28. The molecule has 0 saturated heterocycles. The number of benzene rings is 2. The standard InChI is InChI=1S/C16H18N2O2/c1-10-4-7-14(11(2)8-10)18-16(19)13-6-5-12(17)9-15(13)20-3/h4-9H,17H2,1-3H3,(H,18,19).